The summed E-state index contributed by atoms with van der Waals surface area (Å²) in [5.74, 6) is -3.18. The number of hydrogen-bond donors (Lipinski definition) is 3. The third-order valence-electron chi connectivity index (χ3n) is 13.1. The first-order valence-corrected chi connectivity index (χ1v) is 29.3. The van der Waals surface area contributed by atoms with E-state index in [1.54, 1.807) is 0 Å². The second-order valence-corrected chi connectivity index (χ2v) is 19.9. The van der Waals surface area contributed by atoms with Crippen molar-refractivity contribution in [2.24, 2.45) is 0 Å². The van der Waals surface area contributed by atoms with Gasteiger partial charge >= 0.3 is 23.9 Å². The maximum absolute atomic E-state index is 13.1. The first-order chi connectivity index (χ1) is 35.6. The van der Waals surface area contributed by atoms with Crippen molar-refractivity contribution in [3.05, 3.63) is 60.8 Å². The summed E-state index contributed by atoms with van der Waals surface area (Å²) in [5, 5.41) is 31.4. The van der Waals surface area contributed by atoms with E-state index in [0.717, 1.165) is 89.9 Å². The van der Waals surface area contributed by atoms with E-state index >= 15 is 0 Å². The molecule has 0 aromatic rings. The second-order valence-electron chi connectivity index (χ2n) is 19.9. The van der Waals surface area contributed by atoms with Crippen LogP contribution >= 0.6 is 0 Å². The molecule has 0 aliphatic carbocycles. The highest BCUT2D eigenvalue weighted by molar-refractivity contribution is 5.74. The van der Waals surface area contributed by atoms with Gasteiger partial charge in [-0.15, -0.1) is 0 Å². The summed E-state index contributed by atoms with van der Waals surface area (Å²) in [6.07, 6.45) is 47.7. The molecule has 6 unspecified atom stereocenters. The lowest BCUT2D eigenvalue weighted by Crippen LogP contribution is -2.61. The molecule has 12 nitrogen and oxygen atoms in total. The monoisotopic (exact) mass is 1030 g/mol. The third-order valence-corrected chi connectivity index (χ3v) is 13.1. The molecule has 1 rings (SSSR count). The SMILES string of the molecule is CC/C=C\C/C=C\C/C=C\C/C=C\CCCCC(=O)OC1C(OCC(COC(=O)CCCCCCCCCCCCCCCCCCC)OC(=O)CCCCCCC/C=C\CCCC)OC(C(=O)O)C(O)C1O. The van der Waals surface area contributed by atoms with Gasteiger partial charge in [0.05, 0.1) is 6.61 Å². The Kier molecular flexibility index (Phi) is 45.5. The molecule has 6 atom stereocenters. The fourth-order valence-corrected chi connectivity index (χ4v) is 8.58. The molecule has 0 saturated carbocycles. The summed E-state index contributed by atoms with van der Waals surface area (Å²) in [6.45, 7) is 5.82. The minimum absolute atomic E-state index is 0.00758. The summed E-state index contributed by atoms with van der Waals surface area (Å²) < 4.78 is 28.3. The maximum Gasteiger partial charge on any atom is 0.335 e. The van der Waals surface area contributed by atoms with E-state index in [1.807, 2.05) is 0 Å². The smallest absolute Gasteiger partial charge is 0.335 e. The normalized spacial score (nSPS) is 18.7. The number of carboxylic acid groups (broad SMARTS) is 1. The highest BCUT2D eigenvalue weighted by Gasteiger charge is 2.50. The van der Waals surface area contributed by atoms with Crippen molar-refractivity contribution in [2.75, 3.05) is 13.2 Å². The average molecular weight is 1030 g/mol. The van der Waals surface area contributed by atoms with E-state index in [-0.39, 0.29) is 25.9 Å². The third kappa shape index (κ3) is 39.5. The molecular weight excluding hydrogens is 925 g/mol. The molecule has 1 saturated heterocycles. The summed E-state index contributed by atoms with van der Waals surface area (Å²) in [4.78, 5) is 51.0. The molecule has 0 bridgehead atoms. The van der Waals surface area contributed by atoms with Gasteiger partial charge in [-0.05, 0) is 77.0 Å². The van der Waals surface area contributed by atoms with Gasteiger partial charge in [0.15, 0.2) is 24.6 Å². The molecule has 0 aromatic heterocycles. The lowest BCUT2D eigenvalue weighted by Gasteiger charge is -2.40. The van der Waals surface area contributed by atoms with Crippen LogP contribution in [0.15, 0.2) is 60.8 Å². The first kappa shape index (κ1) is 67.4. The number of aliphatic carboxylic acids is 1. The molecule has 12 heteroatoms. The van der Waals surface area contributed by atoms with Crippen LogP contribution in [-0.4, -0.2) is 89.2 Å². The standard InChI is InChI=1S/C61H104O12/c1-4-7-10-13-16-19-22-24-26-27-29-30-33-35-38-41-44-47-53(62)69-50-52(71-54(63)48-45-42-39-36-32-21-18-15-12-9-6-3)51-70-61-59(57(66)56(65)58(73-61)60(67)68)72-55(64)49-46-43-40-37-34-31-28-25-23-20-17-14-11-8-5-2/h8,11,15,17-18,20,25,28,34,37,52,56-59,61,65-66H,4-7,9-10,12-14,16,19,21-24,26-27,29-33,35-36,38-51H2,1-3H3,(H,67,68)/b11-8-,18-15-,20-17-,28-25-,37-34-. The molecule has 1 aliphatic rings. The van der Waals surface area contributed by atoms with Crippen LogP contribution in [0.1, 0.15) is 252 Å². The zero-order valence-electron chi connectivity index (χ0n) is 46.1. The van der Waals surface area contributed by atoms with Crippen LogP contribution in [0.4, 0.5) is 0 Å². The van der Waals surface area contributed by atoms with Crippen LogP contribution in [-0.2, 0) is 42.9 Å². The van der Waals surface area contributed by atoms with Crippen LogP contribution < -0.4 is 0 Å². The molecule has 0 spiro atoms. The van der Waals surface area contributed by atoms with Crippen molar-refractivity contribution in [2.45, 2.75) is 289 Å². The van der Waals surface area contributed by atoms with Crippen molar-refractivity contribution < 1.29 is 58.2 Å². The van der Waals surface area contributed by atoms with E-state index in [1.165, 1.54) is 96.3 Å². The van der Waals surface area contributed by atoms with Crippen molar-refractivity contribution in [3.63, 3.8) is 0 Å². The van der Waals surface area contributed by atoms with Crippen molar-refractivity contribution in [3.8, 4) is 0 Å². The van der Waals surface area contributed by atoms with Gasteiger partial charge in [-0.1, -0.05) is 216 Å². The average Bonchev–Trinajstić information content (AvgIpc) is 3.37. The Morgan fingerprint density at radius 2 is 0.877 bits per heavy atom. The molecule has 0 amide bonds. The van der Waals surface area contributed by atoms with Gasteiger partial charge in [-0.25, -0.2) is 4.79 Å². The molecular formula is C61H104O12. The van der Waals surface area contributed by atoms with Crippen molar-refractivity contribution in [1.29, 1.82) is 0 Å². The van der Waals surface area contributed by atoms with Gasteiger partial charge in [0.2, 0.25) is 0 Å². The number of allylic oxidation sites excluding steroid dienone is 10. The Hall–Kier alpha value is -3.58. The highest BCUT2D eigenvalue weighted by atomic mass is 16.7. The Balaban J connectivity index is 2.69. The number of aliphatic hydroxyl groups excluding tert-OH is 2. The van der Waals surface area contributed by atoms with Crippen LogP contribution in [0.2, 0.25) is 0 Å². The number of ether oxygens (including phenoxy) is 5. The van der Waals surface area contributed by atoms with Crippen molar-refractivity contribution in [1.82, 2.24) is 0 Å². The number of carbonyl (C=O) groups is 4. The zero-order valence-corrected chi connectivity index (χ0v) is 46.1. The van der Waals surface area contributed by atoms with E-state index in [0.29, 0.717) is 25.7 Å². The number of aliphatic hydroxyl groups is 2. The van der Waals surface area contributed by atoms with Gasteiger partial charge < -0.3 is 39.0 Å². The second kappa shape index (κ2) is 49.3. The molecule has 0 radical (unpaired) electrons. The van der Waals surface area contributed by atoms with Gasteiger partial charge in [-0.3, -0.25) is 14.4 Å². The van der Waals surface area contributed by atoms with E-state index in [9.17, 15) is 34.5 Å². The van der Waals surface area contributed by atoms with Gasteiger partial charge in [-0.2, -0.15) is 0 Å². The number of unbranched alkanes of at least 4 members (excludes halogenated alkanes) is 25. The molecule has 1 aliphatic heterocycles. The largest absolute Gasteiger partial charge is 0.479 e. The molecule has 420 valence electrons. The minimum atomic E-state index is -1.92. The lowest BCUT2D eigenvalue weighted by molar-refractivity contribution is -0.301. The molecule has 1 fully saturated rings. The van der Waals surface area contributed by atoms with Crippen LogP contribution in [0.5, 0.6) is 0 Å². The lowest BCUT2D eigenvalue weighted by atomic mass is 9.98. The maximum atomic E-state index is 13.1. The molecule has 3 N–H and O–H groups in total. The van der Waals surface area contributed by atoms with E-state index in [2.05, 4.69) is 81.5 Å². The number of carbonyl (C=O) groups excluding carboxylic acids is 3. The van der Waals surface area contributed by atoms with Crippen LogP contribution in [0.3, 0.4) is 0 Å². The first-order valence-electron chi connectivity index (χ1n) is 29.3. The zero-order chi connectivity index (χ0) is 53.3. The Morgan fingerprint density at radius 1 is 0.466 bits per heavy atom. The topological polar surface area (TPSA) is 175 Å². The summed E-state index contributed by atoms with van der Waals surface area (Å²) in [7, 11) is 0. The van der Waals surface area contributed by atoms with Crippen molar-refractivity contribution >= 4 is 23.9 Å². The van der Waals surface area contributed by atoms with Gasteiger partial charge in [0.25, 0.3) is 0 Å². The Bertz CT molecular complexity index is 1500. The number of rotatable bonds is 49. The number of carboxylic acids is 1. The number of esters is 3. The Morgan fingerprint density at radius 3 is 1.40 bits per heavy atom. The quantitative estimate of drug-likeness (QED) is 0.0228. The fraction of sp³-hybridized carbons (Fsp3) is 0.770. The molecule has 0 aromatic carbocycles. The predicted octanol–water partition coefficient (Wildman–Crippen LogP) is 14.8. The molecule has 73 heavy (non-hydrogen) atoms. The van der Waals surface area contributed by atoms with Gasteiger partial charge in [0, 0.05) is 19.3 Å². The summed E-state index contributed by atoms with van der Waals surface area (Å²) in [6, 6.07) is 0. The summed E-state index contributed by atoms with van der Waals surface area (Å²) in [5.41, 5.74) is 0. The van der Waals surface area contributed by atoms with Crippen LogP contribution in [0.25, 0.3) is 0 Å². The van der Waals surface area contributed by atoms with Gasteiger partial charge in [0.1, 0.15) is 18.8 Å². The van der Waals surface area contributed by atoms with E-state index in [4.69, 9.17) is 23.7 Å². The summed E-state index contributed by atoms with van der Waals surface area (Å²) >= 11 is 0. The van der Waals surface area contributed by atoms with Crippen LogP contribution in [0, 0.1) is 0 Å². The molecule has 1 heterocycles. The fourth-order valence-electron chi connectivity index (χ4n) is 8.58. The van der Waals surface area contributed by atoms with E-state index < -0.39 is 67.3 Å². The Labute approximate surface area is 443 Å². The minimum Gasteiger partial charge on any atom is -0.479 e. The predicted molar refractivity (Wildman–Crippen MR) is 294 cm³/mol. The highest BCUT2D eigenvalue weighted by Crippen LogP contribution is 2.26. The number of hydrogen-bond acceptors (Lipinski definition) is 11.